The molecule has 0 fully saturated rings. The number of amides is 1. The molecule has 1 aromatic carbocycles. The van der Waals surface area contributed by atoms with E-state index in [0.29, 0.717) is 12.5 Å². The fraction of sp³-hybridized carbons (Fsp3) is 0.462. The highest BCUT2D eigenvalue weighted by molar-refractivity contribution is 9.10. The fourth-order valence-corrected chi connectivity index (χ4v) is 1.72. The summed E-state index contributed by atoms with van der Waals surface area (Å²) in [6.07, 6.45) is 0. The fourth-order valence-electron chi connectivity index (χ4n) is 1.33. The lowest BCUT2D eigenvalue weighted by Gasteiger charge is -2.11. The number of hydrogen-bond donors (Lipinski definition) is 2. The van der Waals surface area contributed by atoms with Crippen LogP contribution >= 0.6 is 15.9 Å². The molecule has 0 radical (unpaired) electrons. The summed E-state index contributed by atoms with van der Waals surface area (Å²) in [5, 5.41) is 5.99. The van der Waals surface area contributed by atoms with Crippen LogP contribution in [0.3, 0.4) is 0 Å². The third kappa shape index (κ3) is 5.22. The number of nitrogens with one attached hydrogen (secondary N) is 2. The maximum absolute atomic E-state index is 11.5. The highest BCUT2D eigenvalue weighted by atomic mass is 79.9. The molecule has 3 nitrogen and oxygen atoms in total. The van der Waals surface area contributed by atoms with E-state index < -0.39 is 0 Å². The minimum absolute atomic E-state index is 0.0205. The van der Waals surface area contributed by atoms with Gasteiger partial charge in [0.15, 0.2) is 0 Å². The molecule has 0 aliphatic carbocycles. The van der Waals surface area contributed by atoms with E-state index in [1.54, 1.807) is 0 Å². The normalized spacial score (nSPS) is 10.4. The van der Waals surface area contributed by atoms with Crippen LogP contribution in [0.1, 0.15) is 19.4 Å². The van der Waals surface area contributed by atoms with E-state index >= 15 is 0 Å². The Morgan fingerprint density at radius 2 is 2.12 bits per heavy atom. The van der Waals surface area contributed by atoms with Crippen molar-refractivity contribution in [2.24, 2.45) is 5.92 Å². The smallest absolute Gasteiger partial charge is 0.239 e. The van der Waals surface area contributed by atoms with E-state index in [9.17, 15) is 4.79 Å². The van der Waals surface area contributed by atoms with Gasteiger partial charge in [0.25, 0.3) is 0 Å². The zero-order chi connectivity index (χ0) is 12.8. The third-order valence-electron chi connectivity index (χ3n) is 2.27. The first-order valence-corrected chi connectivity index (χ1v) is 6.55. The van der Waals surface area contributed by atoms with Crippen LogP contribution in [0, 0.1) is 12.8 Å². The summed E-state index contributed by atoms with van der Waals surface area (Å²) in [6.45, 7) is 7.19. The van der Waals surface area contributed by atoms with Crippen molar-refractivity contribution in [3.63, 3.8) is 0 Å². The second-order valence-electron chi connectivity index (χ2n) is 4.53. The minimum Gasteiger partial charge on any atom is -0.375 e. The molecule has 17 heavy (non-hydrogen) atoms. The summed E-state index contributed by atoms with van der Waals surface area (Å²) in [4.78, 5) is 11.5. The van der Waals surface area contributed by atoms with E-state index in [0.717, 1.165) is 16.7 Å². The molecule has 1 rings (SSSR count). The molecule has 0 spiro atoms. The van der Waals surface area contributed by atoms with Crippen LogP contribution in [0.15, 0.2) is 22.7 Å². The summed E-state index contributed by atoms with van der Waals surface area (Å²) >= 11 is 3.45. The number of rotatable bonds is 5. The molecule has 0 aliphatic rings. The lowest BCUT2D eigenvalue weighted by molar-refractivity contribution is -0.119. The minimum atomic E-state index is 0.0205. The number of aryl methyl sites for hydroxylation is 1. The summed E-state index contributed by atoms with van der Waals surface area (Å²) in [5.74, 6) is 0.497. The van der Waals surface area contributed by atoms with Crippen LogP contribution in [-0.2, 0) is 4.79 Å². The predicted octanol–water partition coefficient (Wildman–Crippen LogP) is 2.94. The lowest BCUT2D eigenvalue weighted by Crippen LogP contribution is -2.32. The van der Waals surface area contributed by atoms with Gasteiger partial charge in [-0.2, -0.15) is 0 Å². The molecule has 1 aromatic rings. The zero-order valence-corrected chi connectivity index (χ0v) is 12.1. The SMILES string of the molecule is Cc1ccc(Br)c(NCC(=O)NCC(C)C)c1. The second kappa shape index (κ2) is 6.64. The van der Waals surface area contributed by atoms with E-state index in [-0.39, 0.29) is 5.91 Å². The highest BCUT2D eigenvalue weighted by Crippen LogP contribution is 2.22. The predicted molar refractivity (Wildman–Crippen MR) is 75.2 cm³/mol. The van der Waals surface area contributed by atoms with Gasteiger partial charge in [-0.3, -0.25) is 4.79 Å². The Labute approximate surface area is 111 Å². The number of hydrogen-bond acceptors (Lipinski definition) is 2. The molecule has 0 atom stereocenters. The van der Waals surface area contributed by atoms with Gasteiger partial charge in [0.2, 0.25) is 5.91 Å². The van der Waals surface area contributed by atoms with Crippen LogP contribution in [0.25, 0.3) is 0 Å². The van der Waals surface area contributed by atoms with Crippen molar-refractivity contribution in [2.75, 3.05) is 18.4 Å². The molecule has 0 aliphatic heterocycles. The molecular formula is C13H19BrN2O. The van der Waals surface area contributed by atoms with Gasteiger partial charge in [0.05, 0.1) is 6.54 Å². The van der Waals surface area contributed by atoms with Crippen LogP contribution in [0.5, 0.6) is 0 Å². The van der Waals surface area contributed by atoms with Crippen LogP contribution in [-0.4, -0.2) is 19.0 Å². The number of halogens is 1. The van der Waals surface area contributed by atoms with Gasteiger partial charge in [-0.05, 0) is 46.5 Å². The Kier molecular flexibility index (Phi) is 5.48. The van der Waals surface area contributed by atoms with Crippen LogP contribution in [0.4, 0.5) is 5.69 Å². The summed E-state index contributed by atoms with van der Waals surface area (Å²) in [6, 6.07) is 6.01. The number of carbonyl (C=O) groups excluding carboxylic acids is 1. The van der Waals surface area contributed by atoms with Crippen molar-refractivity contribution in [3.05, 3.63) is 28.2 Å². The van der Waals surface area contributed by atoms with E-state index in [2.05, 4.69) is 40.4 Å². The molecule has 0 unspecified atom stereocenters. The van der Waals surface area contributed by atoms with Crippen LogP contribution < -0.4 is 10.6 Å². The van der Waals surface area contributed by atoms with Gasteiger partial charge in [-0.1, -0.05) is 19.9 Å². The topological polar surface area (TPSA) is 41.1 Å². The monoisotopic (exact) mass is 298 g/mol. The Morgan fingerprint density at radius 3 is 2.76 bits per heavy atom. The van der Waals surface area contributed by atoms with Gasteiger partial charge in [0.1, 0.15) is 0 Å². The second-order valence-corrected chi connectivity index (χ2v) is 5.39. The Morgan fingerprint density at radius 1 is 1.41 bits per heavy atom. The average molecular weight is 299 g/mol. The van der Waals surface area contributed by atoms with Gasteiger partial charge >= 0.3 is 0 Å². The quantitative estimate of drug-likeness (QED) is 0.877. The molecule has 0 bridgehead atoms. The van der Waals surface area contributed by atoms with Gasteiger partial charge < -0.3 is 10.6 Å². The standard InChI is InChI=1S/C13H19BrN2O/c1-9(2)7-16-13(17)8-15-12-6-10(3)4-5-11(12)14/h4-6,9,15H,7-8H2,1-3H3,(H,16,17). The maximum atomic E-state index is 11.5. The average Bonchev–Trinajstić information content (AvgIpc) is 2.27. The van der Waals surface area contributed by atoms with Crippen LogP contribution in [0.2, 0.25) is 0 Å². The first-order valence-electron chi connectivity index (χ1n) is 5.75. The van der Waals surface area contributed by atoms with Crippen molar-refractivity contribution in [1.29, 1.82) is 0 Å². The molecule has 4 heteroatoms. The highest BCUT2D eigenvalue weighted by Gasteiger charge is 2.04. The molecular weight excluding hydrogens is 280 g/mol. The number of carbonyl (C=O) groups is 1. The molecule has 0 saturated carbocycles. The van der Waals surface area contributed by atoms with Gasteiger partial charge in [0, 0.05) is 16.7 Å². The van der Waals surface area contributed by atoms with E-state index in [4.69, 9.17) is 0 Å². The molecule has 0 heterocycles. The molecule has 1 amide bonds. The summed E-state index contributed by atoms with van der Waals surface area (Å²) in [7, 11) is 0. The lowest BCUT2D eigenvalue weighted by atomic mass is 10.2. The number of anilines is 1. The molecule has 2 N–H and O–H groups in total. The summed E-state index contributed by atoms with van der Waals surface area (Å²) < 4.78 is 0.972. The van der Waals surface area contributed by atoms with E-state index in [1.165, 1.54) is 5.56 Å². The summed E-state index contributed by atoms with van der Waals surface area (Å²) in [5.41, 5.74) is 2.11. The number of benzene rings is 1. The first kappa shape index (κ1) is 14.0. The molecule has 0 saturated heterocycles. The molecule has 0 aromatic heterocycles. The zero-order valence-electron chi connectivity index (χ0n) is 10.5. The Bertz CT molecular complexity index is 391. The van der Waals surface area contributed by atoms with Crippen molar-refractivity contribution in [1.82, 2.24) is 5.32 Å². The molecule has 94 valence electrons. The van der Waals surface area contributed by atoms with Crippen molar-refractivity contribution >= 4 is 27.5 Å². The largest absolute Gasteiger partial charge is 0.375 e. The third-order valence-corrected chi connectivity index (χ3v) is 2.96. The van der Waals surface area contributed by atoms with E-state index in [1.807, 2.05) is 25.1 Å². The van der Waals surface area contributed by atoms with Gasteiger partial charge in [-0.15, -0.1) is 0 Å². The van der Waals surface area contributed by atoms with Gasteiger partial charge in [-0.25, -0.2) is 0 Å². The van der Waals surface area contributed by atoms with Crippen molar-refractivity contribution in [2.45, 2.75) is 20.8 Å². The maximum Gasteiger partial charge on any atom is 0.239 e. The van der Waals surface area contributed by atoms with Crippen molar-refractivity contribution < 1.29 is 4.79 Å². The first-order chi connectivity index (χ1) is 7.99. The Hall–Kier alpha value is -1.03. The van der Waals surface area contributed by atoms with Crippen molar-refractivity contribution in [3.8, 4) is 0 Å². The Balaban J connectivity index is 2.44.